The number of ether oxygens (including phenoxy) is 1. The van der Waals surface area contributed by atoms with Gasteiger partial charge in [-0.2, -0.15) is 0 Å². The van der Waals surface area contributed by atoms with E-state index in [9.17, 15) is 9.59 Å². The molecule has 1 saturated heterocycles. The van der Waals surface area contributed by atoms with E-state index in [1.54, 1.807) is 7.11 Å². The summed E-state index contributed by atoms with van der Waals surface area (Å²) < 4.78 is 5.20. The molecule has 0 aliphatic carbocycles. The number of methoxy groups -OCH3 is 1. The Kier molecular flexibility index (Phi) is 4.16. The van der Waals surface area contributed by atoms with Crippen molar-refractivity contribution in [2.24, 2.45) is 5.73 Å². The van der Waals surface area contributed by atoms with Gasteiger partial charge in [0.05, 0.1) is 13.7 Å². The molecule has 1 fully saturated rings. The highest BCUT2D eigenvalue weighted by molar-refractivity contribution is 5.97. The van der Waals surface area contributed by atoms with E-state index in [2.05, 4.69) is 0 Å². The number of carbonyl (C=O) groups is 2. The van der Waals surface area contributed by atoms with E-state index >= 15 is 0 Å². The molecule has 102 valence electrons. The highest BCUT2D eigenvalue weighted by Crippen LogP contribution is 2.22. The minimum Gasteiger partial charge on any atom is -0.496 e. The largest absolute Gasteiger partial charge is 0.496 e. The van der Waals surface area contributed by atoms with Crippen molar-refractivity contribution in [2.45, 2.75) is 32.4 Å². The van der Waals surface area contributed by atoms with Crippen LogP contribution in [0.4, 0.5) is 0 Å². The van der Waals surface area contributed by atoms with Gasteiger partial charge in [-0.15, -0.1) is 0 Å². The summed E-state index contributed by atoms with van der Waals surface area (Å²) in [5, 5.41) is 0. The van der Waals surface area contributed by atoms with Crippen molar-refractivity contribution >= 4 is 11.8 Å². The molecule has 0 aromatic heterocycles. The van der Waals surface area contributed by atoms with E-state index < -0.39 is 0 Å². The summed E-state index contributed by atoms with van der Waals surface area (Å²) in [5.41, 5.74) is 7.42. The zero-order chi connectivity index (χ0) is 13.8. The van der Waals surface area contributed by atoms with Crippen LogP contribution in [0, 0.1) is 0 Å². The van der Waals surface area contributed by atoms with Gasteiger partial charge in [-0.1, -0.05) is 6.07 Å². The van der Waals surface area contributed by atoms with Gasteiger partial charge in [-0.3, -0.25) is 14.5 Å². The second-order valence-electron chi connectivity index (χ2n) is 4.58. The fraction of sp³-hybridized carbons (Fsp3) is 0.429. The smallest absolute Gasteiger partial charge is 0.229 e. The van der Waals surface area contributed by atoms with E-state index in [4.69, 9.17) is 10.5 Å². The molecular formula is C14H18N2O3. The van der Waals surface area contributed by atoms with Crippen LogP contribution in [-0.2, 0) is 22.7 Å². The number of benzene rings is 1. The number of hydrogen-bond acceptors (Lipinski definition) is 4. The molecule has 2 amide bonds. The number of amides is 2. The fourth-order valence-electron chi connectivity index (χ4n) is 2.25. The molecule has 0 atom stereocenters. The Bertz CT molecular complexity index is 483. The first-order chi connectivity index (χ1) is 9.15. The second-order valence-corrected chi connectivity index (χ2v) is 4.58. The van der Waals surface area contributed by atoms with E-state index in [0.717, 1.165) is 16.9 Å². The van der Waals surface area contributed by atoms with Crippen LogP contribution in [0.5, 0.6) is 5.75 Å². The summed E-state index contributed by atoms with van der Waals surface area (Å²) in [5.74, 6) is 0.533. The molecule has 0 unspecified atom stereocenters. The van der Waals surface area contributed by atoms with Crippen LogP contribution in [0.15, 0.2) is 18.2 Å². The zero-order valence-electron chi connectivity index (χ0n) is 11.0. The third kappa shape index (κ3) is 2.93. The third-order valence-electron chi connectivity index (χ3n) is 3.29. The maximum absolute atomic E-state index is 11.7. The van der Waals surface area contributed by atoms with Crippen LogP contribution in [-0.4, -0.2) is 23.8 Å². The zero-order valence-corrected chi connectivity index (χ0v) is 11.0. The van der Waals surface area contributed by atoms with Crippen LogP contribution in [0.25, 0.3) is 0 Å². The van der Waals surface area contributed by atoms with Crippen molar-refractivity contribution in [2.75, 3.05) is 7.11 Å². The molecular weight excluding hydrogens is 244 g/mol. The highest BCUT2D eigenvalue weighted by atomic mass is 16.5. The SMILES string of the molecule is COc1ccc(CN2C(=O)CCCC2=O)cc1CN. The number of imide groups is 1. The van der Waals surface area contributed by atoms with Gasteiger partial charge in [0.2, 0.25) is 11.8 Å². The highest BCUT2D eigenvalue weighted by Gasteiger charge is 2.25. The predicted molar refractivity (Wildman–Crippen MR) is 70.3 cm³/mol. The molecule has 0 bridgehead atoms. The summed E-state index contributed by atoms with van der Waals surface area (Å²) in [6.45, 7) is 0.674. The molecule has 5 heteroatoms. The van der Waals surface area contributed by atoms with Crippen molar-refractivity contribution < 1.29 is 14.3 Å². The average molecular weight is 262 g/mol. The van der Waals surface area contributed by atoms with Gasteiger partial charge < -0.3 is 10.5 Å². The van der Waals surface area contributed by atoms with Crippen LogP contribution >= 0.6 is 0 Å². The molecule has 1 heterocycles. The molecule has 2 N–H and O–H groups in total. The summed E-state index contributed by atoms with van der Waals surface area (Å²) in [4.78, 5) is 24.8. The quantitative estimate of drug-likeness (QED) is 0.827. The van der Waals surface area contributed by atoms with Crippen molar-refractivity contribution in [1.82, 2.24) is 4.90 Å². The monoisotopic (exact) mass is 262 g/mol. The lowest BCUT2D eigenvalue weighted by molar-refractivity contribution is -0.148. The molecule has 2 rings (SSSR count). The van der Waals surface area contributed by atoms with Gasteiger partial charge in [0, 0.05) is 24.9 Å². The second kappa shape index (κ2) is 5.84. The molecule has 5 nitrogen and oxygen atoms in total. The Hall–Kier alpha value is -1.88. The first-order valence-corrected chi connectivity index (χ1v) is 6.34. The first kappa shape index (κ1) is 13.5. The standard InChI is InChI=1S/C14H18N2O3/c1-19-12-6-5-10(7-11(12)8-15)9-16-13(17)3-2-4-14(16)18/h5-7H,2-4,8-9,15H2,1H3. The molecule has 1 aromatic rings. The number of nitrogens with two attached hydrogens (primary N) is 1. The molecule has 0 saturated carbocycles. The number of nitrogens with zero attached hydrogens (tertiary/aromatic N) is 1. The lowest BCUT2D eigenvalue weighted by atomic mass is 10.1. The number of carbonyl (C=O) groups excluding carboxylic acids is 2. The van der Waals surface area contributed by atoms with Gasteiger partial charge in [0.1, 0.15) is 5.75 Å². The Morgan fingerprint density at radius 2 is 1.95 bits per heavy atom. The third-order valence-corrected chi connectivity index (χ3v) is 3.29. The Morgan fingerprint density at radius 3 is 2.53 bits per heavy atom. The van der Waals surface area contributed by atoms with E-state index in [-0.39, 0.29) is 11.8 Å². The lowest BCUT2D eigenvalue weighted by Crippen LogP contribution is -2.39. The molecule has 1 aromatic carbocycles. The van der Waals surface area contributed by atoms with E-state index in [1.165, 1.54) is 4.90 Å². The number of rotatable bonds is 4. The molecule has 1 aliphatic heterocycles. The molecule has 0 radical (unpaired) electrons. The van der Waals surface area contributed by atoms with Crippen molar-refractivity contribution in [3.63, 3.8) is 0 Å². The maximum Gasteiger partial charge on any atom is 0.229 e. The van der Waals surface area contributed by atoms with Crippen molar-refractivity contribution in [1.29, 1.82) is 0 Å². The number of likely N-dealkylation sites (tertiary alicyclic amines) is 1. The number of piperidine rings is 1. The summed E-state index contributed by atoms with van der Waals surface area (Å²) in [6, 6.07) is 5.55. The molecule has 0 spiro atoms. The summed E-state index contributed by atoms with van der Waals surface area (Å²) >= 11 is 0. The van der Waals surface area contributed by atoms with Crippen molar-refractivity contribution in [3.05, 3.63) is 29.3 Å². The minimum absolute atomic E-state index is 0.0960. The van der Waals surface area contributed by atoms with Gasteiger partial charge >= 0.3 is 0 Å². The maximum atomic E-state index is 11.7. The number of hydrogen-bond donors (Lipinski definition) is 1. The Balaban J connectivity index is 2.18. The molecule has 1 aliphatic rings. The van der Waals surface area contributed by atoms with Gasteiger partial charge in [-0.25, -0.2) is 0 Å². The fourth-order valence-corrected chi connectivity index (χ4v) is 2.25. The Labute approximate surface area is 112 Å². The lowest BCUT2D eigenvalue weighted by Gasteiger charge is -2.25. The normalized spacial score (nSPS) is 15.8. The van der Waals surface area contributed by atoms with Crippen LogP contribution in [0.2, 0.25) is 0 Å². The average Bonchev–Trinajstić information content (AvgIpc) is 2.42. The van der Waals surface area contributed by atoms with E-state index in [0.29, 0.717) is 32.4 Å². The summed E-state index contributed by atoms with van der Waals surface area (Å²) in [7, 11) is 1.59. The van der Waals surface area contributed by atoms with E-state index in [1.807, 2.05) is 18.2 Å². The Morgan fingerprint density at radius 1 is 1.26 bits per heavy atom. The van der Waals surface area contributed by atoms with Crippen molar-refractivity contribution in [3.8, 4) is 5.75 Å². The van der Waals surface area contributed by atoms with Gasteiger partial charge in [0.25, 0.3) is 0 Å². The first-order valence-electron chi connectivity index (χ1n) is 6.34. The van der Waals surface area contributed by atoms with Gasteiger partial charge in [0.15, 0.2) is 0 Å². The van der Waals surface area contributed by atoms with Crippen LogP contribution < -0.4 is 10.5 Å². The van der Waals surface area contributed by atoms with Gasteiger partial charge in [-0.05, 0) is 24.1 Å². The topological polar surface area (TPSA) is 72.6 Å². The predicted octanol–water partition coefficient (Wildman–Crippen LogP) is 1.19. The molecule has 19 heavy (non-hydrogen) atoms. The minimum atomic E-state index is -0.0960. The van der Waals surface area contributed by atoms with Crippen LogP contribution in [0.1, 0.15) is 30.4 Å². The van der Waals surface area contributed by atoms with Crippen LogP contribution in [0.3, 0.4) is 0 Å². The summed E-state index contributed by atoms with van der Waals surface area (Å²) in [6.07, 6.45) is 1.56.